The van der Waals surface area contributed by atoms with Gasteiger partial charge in [-0.05, 0) is 48.9 Å². The van der Waals surface area contributed by atoms with E-state index in [4.69, 9.17) is 10.00 Å². The topological polar surface area (TPSA) is 68.6 Å². The number of nitrogens with zero attached hydrogens (tertiary/aromatic N) is 3. The molecule has 1 fully saturated rings. The van der Waals surface area contributed by atoms with E-state index in [1.165, 1.54) is 5.56 Å². The van der Waals surface area contributed by atoms with Gasteiger partial charge in [-0.15, -0.1) is 0 Å². The van der Waals surface area contributed by atoms with Gasteiger partial charge in [0.1, 0.15) is 5.75 Å². The average Bonchev–Trinajstić information content (AvgIpc) is 2.70. The van der Waals surface area contributed by atoms with Crippen molar-refractivity contribution in [3.63, 3.8) is 0 Å². The van der Waals surface area contributed by atoms with Gasteiger partial charge in [-0.25, -0.2) is 0 Å². The SMILES string of the molecule is CC1Oc2ccc(CN3CCN(c4ccc(C#N)cc4)CC3)cc2NC1=O. The van der Waals surface area contributed by atoms with Crippen molar-refractivity contribution < 1.29 is 9.53 Å². The molecule has 2 aromatic rings. The van der Waals surface area contributed by atoms with E-state index in [1.807, 2.05) is 36.4 Å². The van der Waals surface area contributed by atoms with Crippen LogP contribution in [0, 0.1) is 11.3 Å². The van der Waals surface area contributed by atoms with Gasteiger partial charge in [0.25, 0.3) is 5.91 Å². The van der Waals surface area contributed by atoms with Gasteiger partial charge in [0.15, 0.2) is 6.10 Å². The molecule has 0 saturated carbocycles. The largest absolute Gasteiger partial charge is 0.479 e. The molecular weight excluding hydrogens is 340 g/mol. The molecule has 2 aliphatic rings. The predicted molar refractivity (Wildman–Crippen MR) is 104 cm³/mol. The summed E-state index contributed by atoms with van der Waals surface area (Å²) in [6.45, 7) is 6.44. The maximum absolute atomic E-state index is 11.8. The van der Waals surface area contributed by atoms with E-state index in [9.17, 15) is 4.79 Å². The van der Waals surface area contributed by atoms with Crippen molar-refractivity contribution in [1.82, 2.24) is 4.90 Å². The van der Waals surface area contributed by atoms with Crippen molar-refractivity contribution in [2.75, 3.05) is 36.4 Å². The molecule has 0 bridgehead atoms. The molecule has 6 nitrogen and oxygen atoms in total. The summed E-state index contributed by atoms with van der Waals surface area (Å²) >= 11 is 0. The summed E-state index contributed by atoms with van der Waals surface area (Å²) in [4.78, 5) is 16.6. The first kappa shape index (κ1) is 17.4. The lowest BCUT2D eigenvalue weighted by Crippen LogP contribution is -2.46. The Morgan fingerprint density at radius 3 is 2.59 bits per heavy atom. The fourth-order valence-electron chi connectivity index (χ4n) is 3.52. The van der Waals surface area contributed by atoms with E-state index >= 15 is 0 Å². The Morgan fingerprint density at radius 2 is 1.89 bits per heavy atom. The van der Waals surface area contributed by atoms with Crippen molar-refractivity contribution in [2.45, 2.75) is 19.6 Å². The summed E-state index contributed by atoms with van der Waals surface area (Å²) in [5.41, 5.74) is 3.78. The molecule has 4 rings (SSSR count). The van der Waals surface area contributed by atoms with Crippen LogP contribution in [0.2, 0.25) is 0 Å². The van der Waals surface area contributed by atoms with Crippen LogP contribution in [0.25, 0.3) is 0 Å². The first-order chi connectivity index (χ1) is 13.1. The Labute approximate surface area is 158 Å². The zero-order valence-corrected chi connectivity index (χ0v) is 15.3. The molecule has 2 heterocycles. The highest BCUT2D eigenvalue weighted by molar-refractivity contribution is 5.97. The number of hydrogen-bond acceptors (Lipinski definition) is 5. The summed E-state index contributed by atoms with van der Waals surface area (Å²) in [6, 6.07) is 15.9. The molecule has 2 aliphatic heterocycles. The maximum atomic E-state index is 11.8. The lowest BCUT2D eigenvalue weighted by molar-refractivity contribution is -0.122. The highest BCUT2D eigenvalue weighted by Crippen LogP contribution is 2.31. The van der Waals surface area contributed by atoms with Gasteiger partial charge in [0, 0.05) is 38.4 Å². The van der Waals surface area contributed by atoms with Gasteiger partial charge >= 0.3 is 0 Å². The summed E-state index contributed by atoms with van der Waals surface area (Å²) < 4.78 is 5.62. The molecule has 6 heteroatoms. The number of fused-ring (bicyclic) bond motifs is 1. The number of rotatable bonds is 3. The van der Waals surface area contributed by atoms with Crippen molar-refractivity contribution >= 4 is 17.3 Å². The summed E-state index contributed by atoms with van der Waals surface area (Å²) in [5, 5.41) is 11.8. The number of anilines is 2. The second kappa shape index (κ2) is 7.29. The predicted octanol–water partition coefficient (Wildman–Crippen LogP) is 2.60. The third kappa shape index (κ3) is 3.74. The minimum absolute atomic E-state index is 0.101. The molecule has 1 N–H and O–H groups in total. The molecule has 0 aromatic heterocycles. The second-order valence-corrected chi connectivity index (χ2v) is 7.00. The van der Waals surface area contributed by atoms with Gasteiger partial charge in [-0.1, -0.05) is 6.07 Å². The molecule has 138 valence electrons. The van der Waals surface area contributed by atoms with Gasteiger partial charge in [-0.3, -0.25) is 9.69 Å². The number of piperazine rings is 1. The number of carbonyl (C=O) groups is 1. The number of carbonyl (C=O) groups excluding carboxylic acids is 1. The molecule has 1 amide bonds. The van der Waals surface area contributed by atoms with Crippen molar-refractivity contribution in [3.8, 4) is 11.8 Å². The molecule has 0 aliphatic carbocycles. The highest BCUT2D eigenvalue weighted by atomic mass is 16.5. The first-order valence-electron chi connectivity index (χ1n) is 9.20. The van der Waals surface area contributed by atoms with Gasteiger partial charge in [0.2, 0.25) is 0 Å². The quantitative estimate of drug-likeness (QED) is 0.909. The van der Waals surface area contributed by atoms with Crippen molar-refractivity contribution in [2.24, 2.45) is 0 Å². The summed E-state index contributed by atoms with van der Waals surface area (Å²) in [5.74, 6) is 0.632. The van der Waals surface area contributed by atoms with E-state index in [2.05, 4.69) is 27.3 Å². The zero-order valence-electron chi connectivity index (χ0n) is 15.3. The Kier molecular flexibility index (Phi) is 4.69. The zero-order chi connectivity index (χ0) is 18.8. The summed E-state index contributed by atoms with van der Waals surface area (Å²) in [6.07, 6.45) is -0.446. The lowest BCUT2D eigenvalue weighted by atomic mass is 10.1. The molecule has 1 saturated heterocycles. The molecule has 2 aromatic carbocycles. The first-order valence-corrected chi connectivity index (χ1v) is 9.20. The monoisotopic (exact) mass is 362 g/mol. The Hall–Kier alpha value is -3.04. The smallest absolute Gasteiger partial charge is 0.265 e. The number of hydrogen-bond donors (Lipinski definition) is 1. The minimum Gasteiger partial charge on any atom is -0.479 e. The molecule has 0 radical (unpaired) electrons. The van der Waals surface area contributed by atoms with Crippen LogP contribution in [0.5, 0.6) is 5.75 Å². The van der Waals surface area contributed by atoms with Crippen molar-refractivity contribution in [3.05, 3.63) is 53.6 Å². The third-order valence-corrected chi connectivity index (χ3v) is 5.11. The second-order valence-electron chi connectivity index (χ2n) is 7.00. The van der Waals surface area contributed by atoms with Crippen LogP contribution >= 0.6 is 0 Å². The van der Waals surface area contributed by atoms with E-state index in [0.717, 1.165) is 49.8 Å². The molecular formula is C21H22N4O2. The lowest BCUT2D eigenvalue weighted by Gasteiger charge is -2.36. The van der Waals surface area contributed by atoms with Crippen LogP contribution in [0.3, 0.4) is 0 Å². The van der Waals surface area contributed by atoms with Gasteiger partial charge in [-0.2, -0.15) is 5.26 Å². The van der Waals surface area contributed by atoms with E-state index in [-0.39, 0.29) is 5.91 Å². The van der Waals surface area contributed by atoms with Crippen LogP contribution < -0.4 is 15.0 Å². The number of ether oxygens (including phenoxy) is 1. The van der Waals surface area contributed by atoms with E-state index in [1.54, 1.807) is 6.92 Å². The Bertz CT molecular complexity index is 880. The fraction of sp³-hybridized carbons (Fsp3) is 0.333. The highest BCUT2D eigenvalue weighted by Gasteiger charge is 2.24. The standard InChI is InChI=1S/C21H22N4O2/c1-15-21(26)23-19-12-17(4-7-20(19)27-15)14-24-8-10-25(11-9-24)18-5-2-16(13-22)3-6-18/h2-7,12,15H,8-11,14H2,1H3,(H,23,26). The normalized spacial score (nSPS) is 19.6. The number of nitrogens with one attached hydrogen (secondary N) is 1. The van der Waals surface area contributed by atoms with E-state index < -0.39 is 6.10 Å². The molecule has 1 unspecified atom stereocenters. The van der Waals surface area contributed by atoms with Crippen LogP contribution in [0.1, 0.15) is 18.1 Å². The Balaban J connectivity index is 1.36. The average molecular weight is 362 g/mol. The fourth-order valence-corrected chi connectivity index (χ4v) is 3.52. The number of benzene rings is 2. The van der Waals surface area contributed by atoms with Crippen LogP contribution in [-0.4, -0.2) is 43.1 Å². The van der Waals surface area contributed by atoms with Crippen LogP contribution in [0.4, 0.5) is 11.4 Å². The van der Waals surface area contributed by atoms with Crippen LogP contribution in [-0.2, 0) is 11.3 Å². The summed E-state index contributed by atoms with van der Waals surface area (Å²) in [7, 11) is 0. The van der Waals surface area contributed by atoms with Crippen LogP contribution in [0.15, 0.2) is 42.5 Å². The van der Waals surface area contributed by atoms with E-state index in [0.29, 0.717) is 5.56 Å². The van der Waals surface area contributed by atoms with Crippen molar-refractivity contribution in [1.29, 1.82) is 5.26 Å². The number of amides is 1. The van der Waals surface area contributed by atoms with Gasteiger partial charge in [0.05, 0.1) is 17.3 Å². The molecule has 0 spiro atoms. The maximum Gasteiger partial charge on any atom is 0.265 e. The third-order valence-electron chi connectivity index (χ3n) is 5.11. The van der Waals surface area contributed by atoms with Gasteiger partial charge < -0.3 is 15.0 Å². The Morgan fingerprint density at radius 1 is 1.15 bits per heavy atom. The molecule has 1 atom stereocenters. The molecule has 27 heavy (non-hydrogen) atoms. The minimum atomic E-state index is -0.446. The number of nitriles is 1.